The summed E-state index contributed by atoms with van der Waals surface area (Å²) in [6.07, 6.45) is 3.31. The van der Waals surface area contributed by atoms with Crippen molar-refractivity contribution in [1.82, 2.24) is 19.9 Å². The van der Waals surface area contributed by atoms with Gasteiger partial charge in [-0.1, -0.05) is 54.1 Å². The molecule has 2 aromatic carbocycles. The molecule has 1 aliphatic heterocycles. The third kappa shape index (κ3) is 5.00. The van der Waals surface area contributed by atoms with Gasteiger partial charge < -0.3 is 10.2 Å². The zero-order valence-electron chi connectivity index (χ0n) is 20.8. The number of carbonyl (C=O) groups excluding carboxylic acids is 1. The molecule has 1 saturated heterocycles. The first kappa shape index (κ1) is 23.7. The van der Waals surface area contributed by atoms with Crippen LogP contribution in [-0.4, -0.2) is 33.5 Å². The number of aromatic nitrogens is 3. The first-order chi connectivity index (χ1) is 17.5. The molecule has 0 unspecified atom stereocenters. The average Bonchev–Trinajstić information content (AvgIpc) is 2.90. The monoisotopic (exact) mass is 481 g/mol. The fourth-order valence-corrected chi connectivity index (χ4v) is 4.81. The van der Waals surface area contributed by atoms with Crippen molar-refractivity contribution < 1.29 is 4.79 Å². The van der Waals surface area contributed by atoms with Crippen LogP contribution in [0.5, 0.6) is 0 Å². The van der Waals surface area contributed by atoms with Crippen LogP contribution >= 0.6 is 0 Å². The smallest absolute Gasteiger partial charge is 0.295 e. The first-order valence-electron chi connectivity index (χ1n) is 12.5. The summed E-state index contributed by atoms with van der Waals surface area (Å²) in [6.45, 7) is 6.17. The molecule has 184 valence electrons. The van der Waals surface area contributed by atoms with E-state index in [0.717, 1.165) is 29.5 Å². The normalized spacial score (nSPS) is 15.7. The molecule has 1 atom stereocenters. The van der Waals surface area contributed by atoms with Gasteiger partial charge in [0.15, 0.2) is 11.5 Å². The van der Waals surface area contributed by atoms with E-state index in [4.69, 9.17) is 4.98 Å². The van der Waals surface area contributed by atoms with E-state index in [1.807, 2.05) is 79.4 Å². The Kier molecular flexibility index (Phi) is 6.80. The number of fused-ring (bicyclic) bond motifs is 1. The quantitative estimate of drug-likeness (QED) is 0.451. The van der Waals surface area contributed by atoms with Crippen LogP contribution in [0.2, 0.25) is 0 Å². The molecular weight excluding hydrogens is 450 g/mol. The van der Waals surface area contributed by atoms with Crippen LogP contribution in [0.3, 0.4) is 0 Å². The summed E-state index contributed by atoms with van der Waals surface area (Å²) in [6, 6.07) is 19.9. The average molecular weight is 482 g/mol. The molecule has 36 heavy (non-hydrogen) atoms. The largest absolute Gasteiger partial charge is 0.352 e. The predicted octanol–water partition coefficient (Wildman–Crippen LogP) is 3.99. The lowest BCUT2D eigenvalue weighted by molar-refractivity contribution is -0.125. The van der Waals surface area contributed by atoms with Gasteiger partial charge in [-0.05, 0) is 55.5 Å². The molecule has 0 aliphatic carbocycles. The molecule has 2 aromatic heterocycles. The fourth-order valence-electron chi connectivity index (χ4n) is 4.81. The standard InChI is InChI=1S/C29H31N5O2/c1-20-11-13-22(14-12-20)18-34-26-25(10-5-15-30-26)32-27(29(34)36)33-16-6-9-24(19-33)28(35)31-17-23-8-4-3-7-21(23)2/h3-5,7-8,10-15,24H,6,9,16-19H2,1-2H3,(H,31,35)/t24-/m1/s1. The Balaban J connectivity index is 1.40. The van der Waals surface area contributed by atoms with Gasteiger partial charge in [-0.3, -0.25) is 14.2 Å². The number of nitrogens with one attached hydrogen (secondary N) is 1. The Morgan fingerprint density at radius 3 is 2.67 bits per heavy atom. The van der Waals surface area contributed by atoms with E-state index in [-0.39, 0.29) is 17.4 Å². The summed E-state index contributed by atoms with van der Waals surface area (Å²) < 4.78 is 1.70. The summed E-state index contributed by atoms with van der Waals surface area (Å²) in [4.78, 5) is 37.9. The van der Waals surface area contributed by atoms with Crippen LogP contribution < -0.4 is 15.8 Å². The van der Waals surface area contributed by atoms with E-state index in [9.17, 15) is 9.59 Å². The highest BCUT2D eigenvalue weighted by Crippen LogP contribution is 2.22. The Morgan fingerprint density at radius 1 is 1.06 bits per heavy atom. The van der Waals surface area contributed by atoms with E-state index in [1.54, 1.807) is 10.8 Å². The minimum Gasteiger partial charge on any atom is -0.352 e. The molecule has 4 aromatic rings. The zero-order chi connectivity index (χ0) is 25.1. The van der Waals surface area contributed by atoms with Crippen LogP contribution in [-0.2, 0) is 17.9 Å². The highest BCUT2D eigenvalue weighted by Gasteiger charge is 2.28. The number of rotatable bonds is 6. The molecule has 0 saturated carbocycles. The number of aryl methyl sites for hydroxylation is 2. The van der Waals surface area contributed by atoms with Gasteiger partial charge in [-0.25, -0.2) is 9.97 Å². The SMILES string of the molecule is Cc1ccc(Cn2c(=O)c(N3CCC[C@@H](C(=O)NCc4ccccc4C)C3)nc3cccnc32)cc1. The number of hydrogen-bond acceptors (Lipinski definition) is 5. The summed E-state index contributed by atoms with van der Waals surface area (Å²) in [5.41, 5.74) is 5.53. The number of piperidine rings is 1. The van der Waals surface area contributed by atoms with Crippen LogP contribution in [0.1, 0.15) is 35.1 Å². The number of amides is 1. The zero-order valence-corrected chi connectivity index (χ0v) is 20.8. The van der Waals surface area contributed by atoms with Crippen molar-refractivity contribution in [3.8, 4) is 0 Å². The van der Waals surface area contributed by atoms with Gasteiger partial charge >= 0.3 is 0 Å². The van der Waals surface area contributed by atoms with Gasteiger partial charge in [-0.15, -0.1) is 0 Å². The second-order valence-corrected chi connectivity index (χ2v) is 9.59. The second-order valence-electron chi connectivity index (χ2n) is 9.59. The minimum absolute atomic E-state index is 0.0189. The van der Waals surface area contributed by atoms with Crippen molar-refractivity contribution in [2.24, 2.45) is 5.92 Å². The number of benzene rings is 2. The van der Waals surface area contributed by atoms with E-state index >= 15 is 0 Å². The highest BCUT2D eigenvalue weighted by molar-refractivity contribution is 5.80. The molecule has 3 heterocycles. The third-order valence-electron chi connectivity index (χ3n) is 6.95. The molecule has 1 fully saturated rings. The maximum absolute atomic E-state index is 13.7. The Hall–Kier alpha value is -4.00. The van der Waals surface area contributed by atoms with Crippen molar-refractivity contribution in [1.29, 1.82) is 0 Å². The molecule has 1 aliphatic rings. The van der Waals surface area contributed by atoms with Gasteiger partial charge in [0.2, 0.25) is 5.91 Å². The molecule has 1 N–H and O–H groups in total. The van der Waals surface area contributed by atoms with Gasteiger partial charge in [0.25, 0.3) is 5.56 Å². The number of anilines is 1. The molecule has 0 spiro atoms. The van der Waals surface area contributed by atoms with Crippen LogP contribution in [0.25, 0.3) is 11.2 Å². The lowest BCUT2D eigenvalue weighted by Crippen LogP contribution is -2.45. The molecule has 7 nitrogen and oxygen atoms in total. The molecule has 7 heteroatoms. The van der Waals surface area contributed by atoms with Crippen molar-refractivity contribution in [3.05, 3.63) is 99.5 Å². The van der Waals surface area contributed by atoms with Gasteiger partial charge in [-0.2, -0.15) is 0 Å². The highest BCUT2D eigenvalue weighted by atomic mass is 16.2. The number of carbonyl (C=O) groups is 1. The molecule has 1 amide bonds. The summed E-state index contributed by atoms with van der Waals surface area (Å²) in [5.74, 6) is 0.212. The maximum Gasteiger partial charge on any atom is 0.295 e. The van der Waals surface area contributed by atoms with E-state index in [0.29, 0.717) is 43.2 Å². The van der Waals surface area contributed by atoms with Crippen molar-refractivity contribution >= 4 is 22.9 Å². The predicted molar refractivity (Wildman–Crippen MR) is 142 cm³/mol. The van der Waals surface area contributed by atoms with Crippen molar-refractivity contribution in [3.63, 3.8) is 0 Å². The Labute approximate surface area is 210 Å². The number of nitrogens with zero attached hydrogens (tertiary/aromatic N) is 4. The van der Waals surface area contributed by atoms with Crippen LogP contribution in [0.15, 0.2) is 71.7 Å². The van der Waals surface area contributed by atoms with Gasteiger partial charge in [0.1, 0.15) is 5.52 Å². The van der Waals surface area contributed by atoms with Crippen molar-refractivity contribution in [2.45, 2.75) is 39.8 Å². The molecule has 5 rings (SSSR count). The van der Waals surface area contributed by atoms with E-state index in [1.165, 1.54) is 5.56 Å². The summed E-state index contributed by atoms with van der Waals surface area (Å²) >= 11 is 0. The van der Waals surface area contributed by atoms with E-state index < -0.39 is 0 Å². The van der Waals surface area contributed by atoms with Crippen LogP contribution in [0, 0.1) is 19.8 Å². The Morgan fingerprint density at radius 2 is 1.86 bits per heavy atom. The summed E-state index contributed by atoms with van der Waals surface area (Å²) in [7, 11) is 0. The topological polar surface area (TPSA) is 80.1 Å². The lowest BCUT2D eigenvalue weighted by atomic mass is 9.97. The molecular formula is C29H31N5O2. The third-order valence-corrected chi connectivity index (χ3v) is 6.95. The fraction of sp³-hybridized carbons (Fsp3) is 0.310. The Bertz CT molecular complexity index is 1440. The lowest BCUT2D eigenvalue weighted by Gasteiger charge is -2.32. The van der Waals surface area contributed by atoms with Crippen molar-refractivity contribution in [2.75, 3.05) is 18.0 Å². The molecule has 0 radical (unpaired) electrons. The molecule has 0 bridgehead atoms. The number of hydrogen-bond donors (Lipinski definition) is 1. The minimum atomic E-state index is -0.195. The van der Waals surface area contributed by atoms with Gasteiger partial charge in [0, 0.05) is 25.8 Å². The summed E-state index contributed by atoms with van der Waals surface area (Å²) in [5, 5.41) is 3.09. The van der Waals surface area contributed by atoms with Crippen LogP contribution in [0.4, 0.5) is 5.82 Å². The number of pyridine rings is 1. The van der Waals surface area contributed by atoms with E-state index in [2.05, 4.69) is 10.3 Å². The second kappa shape index (κ2) is 10.3. The van der Waals surface area contributed by atoms with Gasteiger partial charge in [0.05, 0.1) is 12.5 Å². The maximum atomic E-state index is 13.7. The first-order valence-corrected chi connectivity index (χ1v) is 12.5.